The molecule has 1 aliphatic heterocycles. The number of rotatable bonds is 6. The fraction of sp³-hybridized carbons (Fsp3) is 0.200. The molecule has 0 atom stereocenters. The van der Waals surface area contributed by atoms with Crippen molar-refractivity contribution in [3.05, 3.63) is 101 Å². The zero-order valence-corrected chi connectivity index (χ0v) is 17.8. The van der Waals surface area contributed by atoms with Crippen molar-refractivity contribution >= 4 is 29.3 Å². The van der Waals surface area contributed by atoms with Crippen LogP contribution in [0.25, 0.3) is 0 Å². The van der Waals surface area contributed by atoms with Gasteiger partial charge in [0.1, 0.15) is 5.82 Å². The smallest absolute Gasteiger partial charge is 0.254 e. The molecule has 0 bridgehead atoms. The molecule has 1 N–H and O–H groups in total. The summed E-state index contributed by atoms with van der Waals surface area (Å²) in [6, 6.07) is 21.6. The highest BCUT2D eigenvalue weighted by atomic mass is 32.2. The highest BCUT2D eigenvalue weighted by Crippen LogP contribution is 2.21. The molecule has 0 saturated heterocycles. The average Bonchev–Trinajstić information content (AvgIpc) is 2.80. The van der Waals surface area contributed by atoms with Gasteiger partial charge in [-0.15, -0.1) is 11.8 Å². The second-order valence-corrected chi connectivity index (χ2v) is 8.48. The van der Waals surface area contributed by atoms with Crippen LogP contribution in [0, 0.1) is 5.82 Å². The Morgan fingerprint density at radius 1 is 0.935 bits per heavy atom. The Hall–Kier alpha value is -3.12. The first-order valence-electron chi connectivity index (χ1n) is 10.2. The van der Waals surface area contributed by atoms with Crippen LogP contribution in [0.5, 0.6) is 0 Å². The van der Waals surface area contributed by atoms with Gasteiger partial charge < -0.3 is 10.2 Å². The Morgan fingerprint density at radius 2 is 1.65 bits per heavy atom. The molecule has 158 valence electrons. The number of halogens is 1. The number of hydrogen-bond acceptors (Lipinski definition) is 3. The van der Waals surface area contributed by atoms with Crippen molar-refractivity contribution < 1.29 is 14.0 Å². The Labute approximate surface area is 185 Å². The average molecular weight is 435 g/mol. The van der Waals surface area contributed by atoms with E-state index in [0.717, 1.165) is 18.5 Å². The van der Waals surface area contributed by atoms with E-state index in [2.05, 4.69) is 17.4 Å². The minimum Gasteiger partial charge on any atom is -0.334 e. The predicted molar refractivity (Wildman–Crippen MR) is 123 cm³/mol. The van der Waals surface area contributed by atoms with Crippen molar-refractivity contribution in [2.45, 2.75) is 18.7 Å². The third-order valence-electron chi connectivity index (χ3n) is 5.25. The van der Waals surface area contributed by atoms with E-state index in [4.69, 9.17) is 0 Å². The fourth-order valence-electron chi connectivity index (χ4n) is 3.59. The van der Waals surface area contributed by atoms with E-state index < -0.39 is 0 Å². The first kappa shape index (κ1) is 21.1. The number of hydrogen-bond donors (Lipinski definition) is 1. The summed E-state index contributed by atoms with van der Waals surface area (Å²) >= 11 is 1.49. The summed E-state index contributed by atoms with van der Waals surface area (Å²) in [7, 11) is 0. The molecule has 4 rings (SSSR count). The molecule has 0 unspecified atom stereocenters. The van der Waals surface area contributed by atoms with Gasteiger partial charge >= 0.3 is 0 Å². The SMILES string of the molecule is O=C(CSCc1ccc(C(=O)N2CCc3ccccc3C2)cc1)Nc1ccc(F)cc1. The molecule has 0 aliphatic carbocycles. The van der Waals surface area contributed by atoms with Crippen LogP contribution in [-0.2, 0) is 23.5 Å². The summed E-state index contributed by atoms with van der Waals surface area (Å²) in [5, 5.41) is 2.75. The lowest BCUT2D eigenvalue weighted by molar-refractivity contribution is -0.113. The van der Waals surface area contributed by atoms with Crippen LogP contribution in [0.4, 0.5) is 10.1 Å². The third-order valence-corrected chi connectivity index (χ3v) is 6.25. The minimum absolute atomic E-state index is 0.0485. The van der Waals surface area contributed by atoms with Crippen LogP contribution in [0.15, 0.2) is 72.8 Å². The maximum Gasteiger partial charge on any atom is 0.254 e. The van der Waals surface area contributed by atoms with E-state index in [0.29, 0.717) is 29.3 Å². The number of carbonyl (C=O) groups excluding carboxylic acids is 2. The number of benzene rings is 3. The standard InChI is InChI=1S/C25H23FN2O2S/c26-22-9-11-23(12-10-22)27-24(29)17-31-16-18-5-7-20(8-6-18)25(30)28-14-13-19-3-1-2-4-21(19)15-28/h1-12H,13-17H2,(H,27,29). The highest BCUT2D eigenvalue weighted by Gasteiger charge is 2.21. The van der Waals surface area contributed by atoms with Gasteiger partial charge in [0.05, 0.1) is 5.75 Å². The molecule has 3 aromatic carbocycles. The van der Waals surface area contributed by atoms with Crippen molar-refractivity contribution in [1.29, 1.82) is 0 Å². The van der Waals surface area contributed by atoms with Crippen LogP contribution in [-0.4, -0.2) is 29.0 Å². The van der Waals surface area contributed by atoms with Gasteiger partial charge in [-0.25, -0.2) is 4.39 Å². The van der Waals surface area contributed by atoms with E-state index in [1.165, 1.54) is 47.2 Å². The minimum atomic E-state index is -0.334. The maximum atomic E-state index is 12.9. The lowest BCUT2D eigenvalue weighted by Gasteiger charge is -2.29. The quantitative estimate of drug-likeness (QED) is 0.601. The highest BCUT2D eigenvalue weighted by molar-refractivity contribution is 7.99. The molecule has 0 fully saturated rings. The second kappa shape index (κ2) is 9.79. The Balaban J connectivity index is 1.26. The first-order chi connectivity index (χ1) is 15.1. The maximum absolute atomic E-state index is 12.9. The van der Waals surface area contributed by atoms with Gasteiger partial charge in [-0.2, -0.15) is 0 Å². The summed E-state index contributed by atoms with van der Waals surface area (Å²) < 4.78 is 12.9. The number of nitrogens with zero attached hydrogens (tertiary/aromatic N) is 1. The normalized spacial score (nSPS) is 12.9. The second-order valence-electron chi connectivity index (χ2n) is 7.49. The summed E-state index contributed by atoms with van der Waals surface area (Å²) in [4.78, 5) is 26.8. The molecule has 1 aliphatic rings. The Morgan fingerprint density at radius 3 is 2.39 bits per heavy atom. The van der Waals surface area contributed by atoms with Crippen LogP contribution < -0.4 is 5.32 Å². The van der Waals surface area contributed by atoms with Crippen molar-refractivity contribution in [3.8, 4) is 0 Å². The zero-order chi connectivity index (χ0) is 21.6. The largest absolute Gasteiger partial charge is 0.334 e. The molecular weight excluding hydrogens is 411 g/mol. The van der Waals surface area contributed by atoms with Crippen molar-refractivity contribution in [2.75, 3.05) is 17.6 Å². The summed E-state index contributed by atoms with van der Waals surface area (Å²) in [6.45, 7) is 1.38. The number of anilines is 1. The van der Waals surface area contributed by atoms with Crippen LogP contribution in [0.1, 0.15) is 27.0 Å². The van der Waals surface area contributed by atoms with E-state index >= 15 is 0 Å². The van der Waals surface area contributed by atoms with E-state index in [1.54, 1.807) is 0 Å². The monoisotopic (exact) mass is 434 g/mol. The van der Waals surface area contributed by atoms with Crippen molar-refractivity contribution in [1.82, 2.24) is 4.90 Å². The molecule has 6 heteroatoms. The van der Waals surface area contributed by atoms with Gasteiger partial charge in [0.25, 0.3) is 5.91 Å². The molecule has 0 aromatic heterocycles. The third kappa shape index (κ3) is 5.52. The molecule has 2 amide bonds. The molecule has 1 heterocycles. The Kier molecular flexibility index (Phi) is 6.67. The molecule has 0 radical (unpaired) electrons. The number of nitrogens with one attached hydrogen (secondary N) is 1. The van der Waals surface area contributed by atoms with E-state index in [9.17, 15) is 14.0 Å². The molecule has 3 aromatic rings. The van der Waals surface area contributed by atoms with Crippen LogP contribution in [0.2, 0.25) is 0 Å². The van der Waals surface area contributed by atoms with Gasteiger partial charge in [-0.3, -0.25) is 9.59 Å². The topological polar surface area (TPSA) is 49.4 Å². The molecule has 0 spiro atoms. The first-order valence-corrected chi connectivity index (χ1v) is 11.3. The summed E-state index contributed by atoms with van der Waals surface area (Å²) in [5.74, 6) is 0.550. The van der Waals surface area contributed by atoms with Gasteiger partial charge in [0, 0.05) is 30.1 Å². The predicted octanol–water partition coefficient (Wildman–Crippen LogP) is 4.90. The van der Waals surface area contributed by atoms with Crippen molar-refractivity contribution in [2.24, 2.45) is 0 Å². The molecule has 31 heavy (non-hydrogen) atoms. The van der Waals surface area contributed by atoms with Gasteiger partial charge in [-0.1, -0.05) is 36.4 Å². The van der Waals surface area contributed by atoms with Crippen LogP contribution in [0.3, 0.4) is 0 Å². The van der Waals surface area contributed by atoms with E-state index in [1.807, 2.05) is 41.3 Å². The van der Waals surface area contributed by atoms with Gasteiger partial charge in [0.15, 0.2) is 0 Å². The van der Waals surface area contributed by atoms with E-state index in [-0.39, 0.29) is 17.6 Å². The summed E-state index contributed by atoms with van der Waals surface area (Å²) in [6.07, 6.45) is 0.886. The van der Waals surface area contributed by atoms with Crippen LogP contribution >= 0.6 is 11.8 Å². The number of carbonyl (C=O) groups is 2. The lowest BCUT2D eigenvalue weighted by atomic mass is 9.99. The lowest BCUT2D eigenvalue weighted by Crippen LogP contribution is -2.35. The van der Waals surface area contributed by atoms with Crippen molar-refractivity contribution in [3.63, 3.8) is 0 Å². The molecule has 0 saturated carbocycles. The molecular formula is C25H23FN2O2S. The number of amides is 2. The van der Waals surface area contributed by atoms with Gasteiger partial charge in [-0.05, 0) is 59.5 Å². The number of fused-ring (bicyclic) bond motifs is 1. The number of thioether (sulfide) groups is 1. The van der Waals surface area contributed by atoms with Gasteiger partial charge in [0.2, 0.25) is 5.91 Å². The fourth-order valence-corrected chi connectivity index (χ4v) is 4.37. The zero-order valence-electron chi connectivity index (χ0n) is 17.0. The summed E-state index contributed by atoms with van der Waals surface area (Å²) in [5.41, 5.74) is 4.86. The molecule has 4 nitrogen and oxygen atoms in total. The Bertz CT molecular complexity index is 1070.